The van der Waals surface area contributed by atoms with E-state index in [0.717, 1.165) is 15.7 Å². The van der Waals surface area contributed by atoms with Gasteiger partial charge in [0, 0.05) is 32.4 Å². The Bertz CT molecular complexity index is 957. The molecule has 118 valence electrons. The summed E-state index contributed by atoms with van der Waals surface area (Å²) in [6.45, 7) is 6.23. The number of benzene rings is 1. The van der Waals surface area contributed by atoms with E-state index in [1.807, 2.05) is 24.3 Å². The average molecular weight is 392 g/mol. The lowest BCUT2D eigenvalue weighted by atomic mass is 9.91. The van der Waals surface area contributed by atoms with Crippen LogP contribution in [0.1, 0.15) is 26.5 Å². The van der Waals surface area contributed by atoms with Crippen molar-refractivity contribution in [1.29, 1.82) is 0 Å². The van der Waals surface area contributed by atoms with Gasteiger partial charge in [-0.3, -0.25) is 4.79 Å². The first-order valence-corrected chi connectivity index (χ1v) is 8.43. The second kappa shape index (κ2) is 5.77. The summed E-state index contributed by atoms with van der Waals surface area (Å²) >= 11 is 9.96. The summed E-state index contributed by atoms with van der Waals surface area (Å²) < 4.78 is 0.874. The van der Waals surface area contributed by atoms with Gasteiger partial charge in [-0.2, -0.15) is 0 Å². The Kier molecular flexibility index (Phi) is 4.07. The van der Waals surface area contributed by atoms with Crippen LogP contribution in [0.5, 0.6) is 0 Å². The number of H-pyrrole nitrogens is 1. The van der Waals surface area contributed by atoms with Gasteiger partial charge in [-0.05, 0) is 34.1 Å². The fourth-order valence-corrected chi connectivity index (χ4v) is 3.68. The molecule has 0 saturated carbocycles. The number of aromatic nitrogens is 2. The van der Waals surface area contributed by atoms with Crippen LogP contribution in [0.15, 0.2) is 45.7 Å². The summed E-state index contributed by atoms with van der Waals surface area (Å²) in [5.41, 5.74) is 2.86. The molecular formula is C18H16BrClN2O. The SMILES string of the molecule is CC(C)(C)c1nc(Cl)c(-c2cc(=O)c3ccccc3[nH]2)cc1Br. The number of pyridine rings is 2. The molecule has 0 fully saturated rings. The molecule has 0 aliphatic rings. The molecule has 0 spiro atoms. The zero-order valence-electron chi connectivity index (χ0n) is 13.1. The van der Waals surface area contributed by atoms with Crippen molar-refractivity contribution >= 4 is 38.4 Å². The monoisotopic (exact) mass is 390 g/mol. The van der Waals surface area contributed by atoms with Crippen molar-refractivity contribution in [2.75, 3.05) is 0 Å². The smallest absolute Gasteiger partial charge is 0.190 e. The Morgan fingerprint density at radius 3 is 2.57 bits per heavy atom. The number of aromatic amines is 1. The van der Waals surface area contributed by atoms with Crippen LogP contribution in [0, 0.1) is 0 Å². The number of hydrogen-bond acceptors (Lipinski definition) is 2. The van der Waals surface area contributed by atoms with E-state index in [-0.39, 0.29) is 10.8 Å². The fourth-order valence-electron chi connectivity index (χ4n) is 2.52. The zero-order valence-corrected chi connectivity index (χ0v) is 15.4. The lowest BCUT2D eigenvalue weighted by Gasteiger charge is -2.20. The van der Waals surface area contributed by atoms with Gasteiger partial charge in [-0.25, -0.2) is 4.98 Å². The average Bonchev–Trinajstić information content (AvgIpc) is 2.48. The maximum Gasteiger partial charge on any atom is 0.190 e. The van der Waals surface area contributed by atoms with Gasteiger partial charge >= 0.3 is 0 Å². The van der Waals surface area contributed by atoms with Crippen molar-refractivity contribution in [1.82, 2.24) is 9.97 Å². The Balaban J connectivity index is 2.24. The van der Waals surface area contributed by atoms with Crippen molar-refractivity contribution in [2.24, 2.45) is 0 Å². The molecule has 2 aromatic heterocycles. The molecule has 1 aromatic carbocycles. The minimum Gasteiger partial charge on any atom is -0.354 e. The lowest BCUT2D eigenvalue weighted by Crippen LogP contribution is -2.15. The summed E-state index contributed by atoms with van der Waals surface area (Å²) in [5.74, 6) is 0. The Morgan fingerprint density at radius 1 is 1.17 bits per heavy atom. The normalized spacial score (nSPS) is 11.9. The van der Waals surface area contributed by atoms with Gasteiger partial charge in [0.05, 0.1) is 11.4 Å². The summed E-state index contributed by atoms with van der Waals surface area (Å²) in [4.78, 5) is 20.1. The number of hydrogen-bond donors (Lipinski definition) is 1. The van der Waals surface area contributed by atoms with Crippen molar-refractivity contribution in [2.45, 2.75) is 26.2 Å². The molecule has 0 aliphatic carbocycles. The van der Waals surface area contributed by atoms with E-state index in [4.69, 9.17) is 11.6 Å². The standard InChI is InChI=1S/C18H16BrClN2O/c1-18(2,3)16-12(19)8-11(17(20)22-16)14-9-15(23)10-6-4-5-7-13(10)21-14/h4-9H,1-3H3,(H,21,23). The molecule has 0 atom stereocenters. The number of nitrogens with zero attached hydrogens (tertiary/aromatic N) is 1. The van der Waals surface area contributed by atoms with E-state index < -0.39 is 0 Å². The maximum atomic E-state index is 12.3. The van der Waals surface area contributed by atoms with E-state index in [1.54, 1.807) is 12.1 Å². The molecule has 0 unspecified atom stereocenters. The molecular weight excluding hydrogens is 376 g/mol. The van der Waals surface area contributed by atoms with Crippen LogP contribution >= 0.6 is 27.5 Å². The van der Waals surface area contributed by atoms with Gasteiger partial charge in [0.1, 0.15) is 5.15 Å². The van der Waals surface area contributed by atoms with Crippen LogP contribution in [-0.2, 0) is 5.41 Å². The van der Waals surface area contributed by atoms with Crippen LogP contribution in [0.2, 0.25) is 5.15 Å². The van der Waals surface area contributed by atoms with Gasteiger partial charge in [0.15, 0.2) is 5.43 Å². The van der Waals surface area contributed by atoms with Crippen molar-refractivity contribution in [3.8, 4) is 11.3 Å². The molecule has 23 heavy (non-hydrogen) atoms. The third-order valence-electron chi connectivity index (χ3n) is 3.67. The molecule has 5 heteroatoms. The van der Waals surface area contributed by atoms with Gasteiger partial charge < -0.3 is 4.98 Å². The number of halogens is 2. The Labute approximate surface area is 147 Å². The number of fused-ring (bicyclic) bond motifs is 1. The van der Waals surface area contributed by atoms with E-state index >= 15 is 0 Å². The second-order valence-electron chi connectivity index (χ2n) is 6.50. The van der Waals surface area contributed by atoms with E-state index in [0.29, 0.717) is 21.8 Å². The first-order valence-electron chi connectivity index (χ1n) is 7.26. The third kappa shape index (κ3) is 3.06. The van der Waals surface area contributed by atoms with E-state index in [9.17, 15) is 4.79 Å². The Hall–Kier alpha value is -1.65. The second-order valence-corrected chi connectivity index (χ2v) is 7.71. The largest absolute Gasteiger partial charge is 0.354 e. The van der Waals surface area contributed by atoms with Gasteiger partial charge in [0.25, 0.3) is 0 Å². The molecule has 0 aliphatic heterocycles. The van der Waals surface area contributed by atoms with E-state index in [1.165, 1.54) is 0 Å². The molecule has 2 heterocycles. The first-order chi connectivity index (χ1) is 10.8. The molecule has 0 bridgehead atoms. The molecule has 0 radical (unpaired) electrons. The van der Waals surface area contributed by atoms with Crippen molar-refractivity contribution < 1.29 is 0 Å². The van der Waals surface area contributed by atoms with Crippen molar-refractivity contribution in [3.63, 3.8) is 0 Å². The van der Waals surface area contributed by atoms with Crippen LogP contribution in [0.3, 0.4) is 0 Å². The molecule has 3 rings (SSSR count). The highest BCUT2D eigenvalue weighted by atomic mass is 79.9. The number of para-hydroxylation sites is 1. The molecule has 3 aromatic rings. The lowest BCUT2D eigenvalue weighted by molar-refractivity contribution is 0.565. The Morgan fingerprint density at radius 2 is 1.87 bits per heavy atom. The fraction of sp³-hybridized carbons (Fsp3) is 0.222. The third-order valence-corrected chi connectivity index (χ3v) is 4.56. The predicted octanol–water partition coefficient (Wildman–Crippen LogP) is 5.30. The van der Waals surface area contributed by atoms with Gasteiger partial charge in [-0.1, -0.05) is 44.5 Å². The summed E-state index contributed by atoms with van der Waals surface area (Å²) in [6, 6.07) is 10.9. The number of rotatable bonds is 1. The van der Waals surface area contributed by atoms with Crippen LogP contribution < -0.4 is 5.43 Å². The molecule has 1 N–H and O–H groups in total. The van der Waals surface area contributed by atoms with E-state index in [2.05, 4.69) is 46.7 Å². The summed E-state index contributed by atoms with van der Waals surface area (Å²) in [7, 11) is 0. The highest BCUT2D eigenvalue weighted by Crippen LogP contribution is 2.35. The topological polar surface area (TPSA) is 45.8 Å². The van der Waals surface area contributed by atoms with Crippen LogP contribution in [-0.4, -0.2) is 9.97 Å². The highest BCUT2D eigenvalue weighted by molar-refractivity contribution is 9.10. The summed E-state index contributed by atoms with van der Waals surface area (Å²) in [6.07, 6.45) is 0. The van der Waals surface area contributed by atoms with Crippen molar-refractivity contribution in [3.05, 3.63) is 61.9 Å². The predicted molar refractivity (Wildman–Crippen MR) is 99.2 cm³/mol. The van der Waals surface area contributed by atoms with Crippen LogP contribution in [0.4, 0.5) is 0 Å². The highest BCUT2D eigenvalue weighted by Gasteiger charge is 2.21. The number of nitrogens with one attached hydrogen (secondary N) is 1. The molecule has 0 saturated heterocycles. The van der Waals surface area contributed by atoms with Gasteiger partial charge in [0.2, 0.25) is 0 Å². The minimum atomic E-state index is -0.127. The minimum absolute atomic E-state index is 0.0403. The molecule has 3 nitrogen and oxygen atoms in total. The first kappa shape index (κ1) is 16.2. The summed E-state index contributed by atoms with van der Waals surface area (Å²) in [5, 5.41) is 1.04. The van der Waals surface area contributed by atoms with Gasteiger partial charge in [-0.15, -0.1) is 0 Å². The zero-order chi connectivity index (χ0) is 16.8. The quantitative estimate of drug-likeness (QED) is 0.572. The van der Waals surface area contributed by atoms with Crippen LogP contribution in [0.25, 0.3) is 22.2 Å². The molecule has 0 amide bonds. The maximum absolute atomic E-state index is 12.3.